The zero-order chi connectivity index (χ0) is 9.40. The predicted octanol–water partition coefficient (Wildman–Crippen LogP) is -2.63. The Morgan fingerprint density at radius 3 is 2.33 bits per heavy atom. The second-order valence-corrected chi connectivity index (χ2v) is 1.70. The molecule has 0 spiro atoms. The van der Waals surface area contributed by atoms with Crippen LogP contribution in [0.2, 0.25) is 0 Å². The summed E-state index contributed by atoms with van der Waals surface area (Å²) in [5.74, 6) is 4.68. The third kappa shape index (κ3) is 5.26. The maximum absolute atomic E-state index is 10.6. The largest absolute Gasteiger partial charge is 0.395 e. The molecule has 0 atom stereocenters. The van der Waals surface area contributed by atoms with E-state index in [0.29, 0.717) is 0 Å². The molecule has 70 valence electrons. The fraction of sp³-hybridized carbons (Fsp3) is 0.500. The van der Waals surface area contributed by atoms with Gasteiger partial charge in [-0.05, 0) is 0 Å². The molecule has 4 amide bonds. The SMILES string of the molecule is NNC(=O)NNC(=O)NCCO. The van der Waals surface area contributed by atoms with Crippen molar-refractivity contribution in [1.82, 2.24) is 21.6 Å². The topological polar surface area (TPSA) is 129 Å². The Bertz CT molecular complexity index is 161. The number of urea groups is 2. The Balaban J connectivity index is 3.37. The number of carbonyl (C=O) groups excluding carboxylic acids is 2. The fourth-order valence-electron chi connectivity index (χ4n) is 0.363. The van der Waals surface area contributed by atoms with Crippen LogP contribution in [0.4, 0.5) is 9.59 Å². The van der Waals surface area contributed by atoms with E-state index in [9.17, 15) is 9.59 Å². The van der Waals surface area contributed by atoms with E-state index in [-0.39, 0.29) is 13.2 Å². The molecule has 0 saturated heterocycles. The highest BCUT2D eigenvalue weighted by atomic mass is 16.3. The highest BCUT2D eigenvalue weighted by Gasteiger charge is 1.99. The van der Waals surface area contributed by atoms with Gasteiger partial charge in [0.1, 0.15) is 0 Å². The molecule has 8 nitrogen and oxygen atoms in total. The van der Waals surface area contributed by atoms with Crippen LogP contribution in [0, 0.1) is 0 Å². The number of hydrogen-bond donors (Lipinski definition) is 6. The van der Waals surface area contributed by atoms with Gasteiger partial charge in [-0.3, -0.25) is 5.43 Å². The third-order valence-electron chi connectivity index (χ3n) is 0.818. The number of nitrogens with one attached hydrogen (secondary N) is 4. The monoisotopic (exact) mass is 177 g/mol. The van der Waals surface area contributed by atoms with E-state index in [2.05, 4.69) is 11.2 Å². The minimum Gasteiger partial charge on any atom is -0.395 e. The molecule has 0 aliphatic rings. The molecule has 0 rings (SSSR count). The lowest BCUT2D eigenvalue weighted by molar-refractivity contribution is 0.221. The molecular weight excluding hydrogens is 166 g/mol. The van der Waals surface area contributed by atoms with Gasteiger partial charge in [-0.1, -0.05) is 0 Å². The summed E-state index contributed by atoms with van der Waals surface area (Å²) >= 11 is 0. The first-order valence-corrected chi connectivity index (χ1v) is 3.12. The summed E-state index contributed by atoms with van der Waals surface area (Å²) in [6, 6.07) is -1.37. The summed E-state index contributed by atoms with van der Waals surface area (Å²) in [6.07, 6.45) is 0. The Morgan fingerprint density at radius 2 is 1.83 bits per heavy atom. The Labute approximate surface area is 68.4 Å². The van der Waals surface area contributed by atoms with Crippen LogP contribution in [0.25, 0.3) is 0 Å². The highest BCUT2D eigenvalue weighted by Crippen LogP contribution is 1.61. The van der Waals surface area contributed by atoms with Gasteiger partial charge in [0, 0.05) is 6.54 Å². The Morgan fingerprint density at radius 1 is 1.25 bits per heavy atom. The second kappa shape index (κ2) is 6.19. The molecule has 0 bridgehead atoms. The van der Waals surface area contributed by atoms with Crippen molar-refractivity contribution in [3.05, 3.63) is 0 Å². The highest BCUT2D eigenvalue weighted by molar-refractivity contribution is 5.79. The van der Waals surface area contributed by atoms with Crippen LogP contribution in [0.5, 0.6) is 0 Å². The minimum absolute atomic E-state index is 0.109. The third-order valence-corrected chi connectivity index (χ3v) is 0.818. The molecule has 0 saturated carbocycles. The lowest BCUT2D eigenvalue weighted by atomic mass is 10.7. The van der Waals surface area contributed by atoms with Crippen molar-refractivity contribution in [2.24, 2.45) is 5.84 Å². The van der Waals surface area contributed by atoms with E-state index in [0.717, 1.165) is 0 Å². The van der Waals surface area contributed by atoms with E-state index in [1.54, 1.807) is 5.43 Å². The predicted molar refractivity (Wildman–Crippen MR) is 39.5 cm³/mol. The summed E-state index contributed by atoms with van der Waals surface area (Å²) in [6.45, 7) is -0.0612. The number of aliphatic hydroxyl groups excluding tert-OH is 1. The molecule has 0 unspecified atom stereocenters. The summed E-state index contributed by atoms with van der Waals surface area (Å²) in [4.78, 5) is 21.0. The molecule has 8 heteroatoms. The van der Waals surface area contributed by atoms with E-state index < -0.39 is 12.1 Å². The molecule has 0 aliphatic heterocycles. The zero-order valence-electron chi connectivity index (χ0n) is 6.26. The normalized spacial score (nSPS) is 8.50. The summed E-state index contributed by atoms with van der Waals surface area (Å²) in [5.41, 5.74) is 5.62. The first kappa shape index (κ1) is 10.5. The smallest absolute Gasteiger partial charge is 0.347 e. The van der Waals surface area contributed by atoms with Crippen LogP contribution in [0.1, 0.15) is 0 Å². The van der Waals surface area contributed by atoms with Gasteiger partial charge in [0.2, 0.25) is 0 Å². The second-order valence-electron chi connectivity index (χ2n) is 1.70. The average molecular weight is 177 g/mol. The van der Waals surface area contributed by atoms with Gasteiger partial charge in [-0.25, -0.2) is 26.3 Å². The molecule has 0 radical (unpaired) electrons. The van der Waals surface area contributed by atoms with Crippen LogP contribution in [0.15, 0.2) is 0 Å². The molecule has 0 aliphatic carbocycles. The molecule has 0 aromatic heterocycles. The minimum atomic E-state index is -0.742. The lowest BCUT2D eigenvalue weighted by Crippen LogP contribution is -2.52. The zero-order valence-corrected chi connectivity index (χ0v) is 6.26. The van der Waals surface area contributed by atoms with Crippen LogP contribution in [0.3, 0.4) is 0 Å². The first-order valence-electron chi connectivity index (χ1n) is 3.12. The van der Waals surface area contributed by atoms with Gasteiger partial charge in [-0.2, -0.15) is 0 Å². The van der Waals surface area contributed by atoms with Crippen molar-refractivity contribution in [2.75, 3.05) is 13.2 Å². The number of rotatable bonds is 2. The van der Waals surface area contributed by atoms with Gasteiger partial charge >= 0.3 is 12.1 Å². The maximum Gasteiger partial charge on any atom is 0.347 e. The van der Waals surface area contributed by atoms with Crippen molar-refractivity contribution in [2.45, 2.75) is 0 Å². The van der Waals surface area contributed by atoms with Crippen LogP contribution in [-0.4, -0.2) is 30.3 Å². The van der Waals surface area contributed by atoms with Crippen LogP contribution in [-0.2, 0) is 0 Å². The van der Waals surface area contributed by atoms with E-state index >= 15 is 0 Å². The van der Waals surface area contributed by atoms with Gasteiger partial charge in [0.25, 0.3) is 0 Å². The molecular formula is C4H11N5O3. The number of aliphatic hydroxyl groups is 1. The summed E-state index contributed by atoms with van der Waals surface area (Å²) in [5, 5.41) is 10.5. The molecule has 7 N–H and O–H groups in total. The Hall–Kier alpha value is -1.54. The van der Waals surface area contributed by atoms with E-state index in [4.69, 9.17) is 5.11 Å². The average Bonchev–Trinajstić information content (AvgIpc) is 2.10. The van der Waals surface area contributed by atoms with Crippen LogP contribution < -0.4 is 27.4 Å². The first-order chi connectivity index (χ1) is 5.70. The number of hydrazine groups is 2. The van der Waals surface area contributed by atoms with Crippen molar-refractivity contribution in [3.63, 3.8) is 0 Å². The standard InChI is InChI=1S/C4H11N5O3/c5-7-4(12)9-8-3(11)6-1-2-10/h10H,1-2,5H2,(H2,6,8,11)(H2,7,9,12). The van der Waals surface area contributed by atoms with Crippen molar-refractivity contribution >= 4 is 12.1 Å². The lowest BCUT2D eigenvalue weighted by Gasteiger charge is -2.06. The van der Waals surface area contributed by atoms with Crippen molar-refractivity contribution in [1.29, 1.82) is 0 Å². The molecule has 0 aromatic rings. The molecule has 0 fully saturated rings. The summed E-state index contributed by atoms with van der Waals surface area (Å²) < 4.78 is 0. The molecule has 12 heavy (non-hydrogen) atoms. The quantitative estimate of drug-likeness (QED) is 0.156. The fourth-order valence-corrected chi connectivity index (χ4v) is 0.363. The van der Waals surface area contributed by atoms with Crippen molar-refractivity contribution < 1.29 is 14.7 Å². The number of amides is 4. The van der Waals surface area contributed by atoms with E-state index in [1.165, 1.54) is 0 Å². The van der Waals surface area contributed by atoms with Gasteiger partial charge in [0.05, 0.1) is 6.61 Å². The Kier molecular flexibility index (Phi) is 5.39. The van der Waals surface area contributed by atoms with Crippen molar-refractivity contribution in [3.8, 4) is 0 Å². The molecule has 0 heterocycles. The van der Waals surface area contributed by atoms with Crippen LogP contribution >= 0.6 is 0 Å². The number of carbonyl (C=O) groups is 2. The summed E-state index contributed by atoms with van der Waals surface area (Å²) in [7, 11) is 0. The number of hydrogen-bond acceptors (Lipinski definition) is 4. The van der Waals surface area contributed by atoms with Gasteiger partial charge < -0.3 is 10.4 Å². The molecule has 0 aromatic carbocycles. The van der Waals surface area contributed by atoms with Gasteiger partial charge in [-0.15, -0.1) is 0 Å². The number of nitrogens with two attached hydrogens (primary N) is 1. The van der Waals surface area contributed by atoms with E-state index in [1.807, 2.05) is 10.9 Å². The van der Waals surface area contributed by atoms with Gasteiger partial charge in [0.15, 0.2) is 0 Å². The maximum atomic E-state index is 10.6.